The normalized spacial score (nSPS) is 12.9. The van der Waals surface area contributed by atoms with Crippen molar-refractivity contribution in [3.05, 3.63) is 29.3 Å². The van der Waals surface area contributed by atoms with Gasteiger partial charge in [-0.3, -0.25) is 4.79 Å². The molecule has 0 unspecified atom stereocenters. The minimum Gasteiger partial charge on any atom is -0.384 e. The largest absolute Gasteiger partial charge is 0.384 e. The van der Waals surface area contributed by atoms with E-state index in [-0.39, 0.29) is 5.91 Å². The van der Waals surface area contributed by atoms with Crippen molar-refractivity contribution < 1.29 is 4.79 Å². The zero-order valence-electron chi connectivity index (χ0n) is 10.9. The molecule has 0 saturated carbocycles. The van der Waals surface area contributed by atoms with Gasteiger partial charge in [0.25, 0.3) is 0 Å². The van der Waals surface area contributed by atoms with E-state index in [1.807, 2.05) is 0 Å². The van der Waals surface area contributed by atoms with Crippen LogP contribution in [0.4, 0.5) is 5.69 Å². The number of amides is 1. The Labute approximate surface area is 108 Å². The van der Waals surface area contributed by atoms with E-state index in [2.05, 4.69) is 34.1 Å². The van der Waals surface area contributed by atoms with Crippen LogP contribution in [0.2, 0.25) is 0 Å². The van der Waals surface area contributed by atoms with E-state index in [1.54, 1.807) is 6.92 Å². The van der Waals surface area contributed by atoms with Crippen LogP contribution in [-0.2, 0) is 17.6 Å². The average Bonchev–Trinajstić information content (AvgIpc) is 2.80. The maximum absolute atomic E-state index is 10.7. The maximum Gasteiger partial charge on any atom is 0.216 e. The van der Waals surface area contributed by atoms with Crippen LogP contribution in [0.3, 0.4) is 0 Å². The van der Waals surface area contributed by atoms with Crippen molar-refractivity contribution in [3.63, 3.8) is 0 Å². The monoisotopic (exact) mass is 247 g/mol. The molecule has 98 valence electrons. The Morgan fingerprint density at radius 1 is 1.33 bits per heavy atom. The predicted octanol–water partition coefficient (Wildman–Crippen LogP) is 0.923. The van der Waals surface area contributed by atoms with Gasteiger partial charge in [0, 0.05) is 32.2 Å². The van der Waals surface area contributed by atoms with Crippen molar-refractivity contribution in [2.24, 2.45) is 0 Å². The summed E-state index contributed by atoms with van der Waals surface area (Å²) in [5.74, 6) is 0.0305. The van der Waals surface area contributed by atoms with E-state index in [9.17, 15) is 4.79 Å². The van der Waals surface area contributed by atoms with Crippen molar-refractivity contribution in [2.75, 3.05) is 31.5 Å². The van der Waals surface area contributed by atoms with Crippen LogP contribution >= 0.6 is 0 Å². The molecule has 0 fully saturated rings. The topological polar surface area (TPSA) is 53.2 Å². The lowest BCUT2D eigenvalue weighted by Crippen LogP contribution is -2.31. The lowest BCUT2D eigenvalue weighted by Gasteiger charge is -2.07. The molecule has 0 aliphatic carbocycles. The Morgan fingerprint density at radius 2 is 2.22 bits per heavy atom. The number of carbonyl (C=O) groups excluding carboxylic acids is 1. The standard InChI is InChI=1S/C14H21N3O/c1-11(18)16-9-8-15-6-4-12-2-3-14-13(10-12)5-7-17-14/h2-3,10,15,17H,4-9H2,1H3,(H,16,18). The highest BCUT2D eigenvalue weighted by atomic mass is 16.1. The first-order chi connectivity index (χ1) is 8.75. The summed E-state index contributed by atoms with van der Waals surface area (Å²) in [5, 5.41) is 9.46. The molecule has 0 bridgehead atoms. The summed E-state index contributed by atoms with van der Waals surface area (Å²) < 4.78 is 0. The first-order valence-corrected chi connectivity index (χ1v) is 6.56. The number of anilines is 1. The van der Waals surface area contributed by atoms with Gasteiger partial charge >= 0.3 is 0 Å². The Balaban J connectivity index is 1.66. The molecule has 0 radical (unpaired) electrons. The predicted molar refractivity (Wildman–Crippen MR) is 73.9 cm³/mol. The van der Waals surface area contributed by atoms with Gasteiger partial charge in [0.2, 0.25) is 5.91 Å². The fourth-order valence-corrected chi connectivity index (χ4v) is 2.20. The van der Waals surface area contributed by atoms with Crippen molar-refractivity contribution in [1.29, 1.82) is 0 Å². The number of rotatable bonds is 6. The Kier molecular flexibility index (Phi) is 4.59. The van der Waals surface area contributed by atoms with Gasteiger partial charge in [-0.2, -0.15) is 0 Å². The second-order valence-electron chi connectivity index (χ2n) is 4.65. The second-order valence-corrected chi connectivity index (χ2v) is 4.65. The quantitative estimate of drug-likeness (QED) is 0.655. The first kappa shape index (κ1) is 12.9. The molecular formula is C14H21N3O. The number of fused-ring (bicyclic) bond motifs is 1. The lowest BCUT2D eigenvalue weighted by atomic mass is 10.1. The number of hydrogen-bond donors (Lipinski definition) is 3. The summed E-state index contributed by atoms with van der Waals surface area (Å²) in [4.78, 5) is 10.7. The van der Waals surface area contributed by atoms with Crippen LogP contribution in [0.1, 0.15) is 18.1 Å². The molecule has 1 amide bonds. The minimum atomic E-state index is 0.0305. The van der Waals surface area contributed by atoms with E-state index >= 15 is 0 Å². The minimum absolute atomic E-state index is 0.0305. The van der Waals surface area contributed by atoms with Crippen LogP contribution in [0, 0.1) is 0 Å². The third-order valence-electron chi connectivity index (χ3n) is 3.15. The molecule has 4 nitrogen and oxygen atoms in total. The first-order valence-electron chi connectivity index (χ1n) is 6.56. The SMILES string of the molecule is CC(=O)NCCNCCc1ccc2c(c1)CCN2. The van der Waals surface area contributed by atoms with Gasteiger partial charge in [0.15, 0.2) is 0 Å². The Bertz CT molecular complexity index is 418. The summed E-state index contributed by atoms with van der Waals surface area (Å²) in [6.07, 6.45) is 2.17. The smallest absolute Gasteiger partial charge is 0.216 e. The summed E-state index contributed by atoms with van der Waals surface area (Å²) in [5.41, 5.74) is 4.10. The molecule has 1 aliphatic rings. The van der Waals surface area contributed by atoms with Crippen molar-refractivity contribution in [1.82, 2.24) is 10.6 Å². The van der Waals surface area contributed by atoms with E-state index in [0.29, 0.717) is 6.54 Å². The zero-order valence-corrected chi connectivity index (χ0v) is 10.9. The molecule has 0 spiro atoms. The molecule has 0 saturated heterocycles. The van der Waals surface area contributed by atoms with Crippen LogP contribution in [0.25, 0.3) is 0 Å². The molecule has 1 aromatic rings. The van der Waals surface area contributed by atoms with Gasteiger partial charge in [-0.1, -0.05) is 12.1 Å². The molecule has 0 atom stereocenters. The average molecular weight is 247 g/mol. The molecule has 18 heavy (non-hydrogen) atoms. The molecule has 3 N–H and O–H groups in total. The van der Waals surface area contributed by atoms with Crippen molar-refractivity contribution in [2.45, 2.75) is 19.8 Å². The zero-order chi connectivity index (χ0) is 12.8. The fourth-order valence-electron chi connectivity index (χ4n) is 2.20. The van der Waals surface area contributed by atoms with Gasteiger partial charge < -0.3 is 16.0 Å². The Hall–Kier alpha value is -1.55. The van der Waals surface area contributed by atoms with Gasteiger partial charge in [0.1, 0.15) is 0 Å². The summed E-state index contributed by atoms with van der Waals surface area (Å²) in [6.45, 7) is 5.08. The molecule has 1 heterocycles. The molecule has 2 rings (SSSR count). The van der Waals surface area contributed by atoms with Crippen LogP contribution in [0.15, 0.2) is 18.2 Å². The van der Waals surface area contributed by atoms with Gasteiger partial charge in [-0.05, 0) is 36.6 Å². The highest BCUT2D eigenvalue weighted by molar-refractivity contribution is 5.72. The highest BCUT2D eigenvalue weighted by Gasteiger charge is 2.09. The number of nitrogens with one attached hydrogen (secondary N) is 3. The van der Waals surface area contributed by atoms with Gasteiger partial charge in [-0.15, -0.1) is 0 Å². The van der Waals surface area contributed by atoms with Crippen LogP contribution in [0.5, 0.6) is 0 Å². The Morgan fingerprint density at radius 3 is 3.06 bits per heavy atom. The van der Waals surface area contributed by atoms with Gasteiger partial charge in [0.05, 0.1) is 0 Å². The maximum atomic E-state index is 10.7. The van der Waals surface area contributed by atoms with Crippen molar-refractivity contribution in [3.8, 4) is 0 Å². The number of carbonyl (C=O) groups is 1. The molecule has 1 aliphatic heterocycles. The van der Waals surface area contributed by atoms with Crippen molar-refractivity contribution >= 4 is 11.6 Å². The molecule has 0 aromatic heterocycles. The number of benzene rings is 1. The third kappa shape index (κ3) is 3.74. The summed E-state index contributed by atoms with van der Waals surface area (Å²) in [6, 6.07) is 6.66. The van der Waals surface area contributed by atoms with E-state index in [1.165, 1.54) is 16.8 Å². The fraction of sp³-hybridized carbons (Fsp3) is 0.500. The van der Waals surface area contributed by atoms with Gasteiger partial charge in [-0.25, -0.2) is 0 Å². The molecular weight excluding hydrogens is 226 g/mol. The number of hydrogen-bond acceptors (Lipinski definition) is 3. The summed E-state index contributed by atoms with van der Waals surface area (Å²) >= 11 is 0. The van der Waals surface area contributed by atoms with E-state index < -0.39 is 0 Å². The van der Waals surface area contributed by atoms with E-state index in [4.69, 9.17) is 0 Å². The third-order valence-corrected chi connectivity index (χ3v) is 3.15. The van der Waals surface area contributed by atoms with Crippen LogP contribution in [-0.4, -0.2) is 32.1 Å². The summed E-state index contributed by atoms with van der Waals surface area (Å²) in [7, 11) is 0. The highest BCUT2D eigenvalue weighted by Crippen LogP contribution is 2.22. The van der Waals surface area contributed by atoms with E-state index in [0.717, 1.165) is 32.5 Å². The molecule has 4 heteroatoms. The molecule has 1 aromatic carbocycles. The van der Waals surface area contributed by atoms with Crippen LogP contribution < -0.4 is 16.0 Å². The second kappa shape index (κ2) is 6.40. The lowest BCUT2D eigenvalue weighted by molar-refractivity contribution is -0.118.